The molecule has 1 saturated heterocycles. The highest BCUT2D eigenvalue weighted by Crippen LogP contribution is 2.15. The maximum absolute atomic E-state index is 12.3. The summed E-state index contributed by atoms with van der Waals surface area (Å²) in [5, 5.41) is 14.7. The van der Waals surface area contributed by atoms with Crippen molar-refractivity contribution in [3.63, 3.8) is 0 Å². The molecule has 1 atom stereocenters. The van der Waals surface area contributed by atoms with Gasteiger partial charge in [-0.3, -0.25) is 4.79 Å². The zero-order chi connectivity index (χ0) is 19.8. The Bertz CT molecular complexity index is 849. The van der Waals surface area contributed by atoms with E-state index in [1.807, 2.05) is 42.5 Å². The number of urea groups is 1. The van der Waals surface area contributed by atoms with Gasteiger partial charge < -0.3 is 15.5 Å². The van der Waals surface area contributed by atoms with E-state index in [4.69, 9.17) is 5.26 Å². The SMILES string of the molecule is N#Cc1ccc(CSCC(=O)N[C@H]2CCN(C(=O)Nc3ccccc3)C2)cc1. The molecule has 0 saturated carbocycles. The number of hydrogen-bond donors (Lipinski definition) is 2. The van der Waals surface area contributed by atoms with Crippen LogP contribution in [0.4, 0.5) is 10.5 Å². The van der Waals surface area contributed by atoms with Gasteiger partial charge in [0.1, 0.15) is 0 Å². The first kappa shape index (κ1) is 19.8. The van der Waals surface area contributed by atoms with Gasteiger partial charge in [-0.1, -0.05) is 30.3 Å². The molecular weight excluding hydrogens is 372 g/mol. The summed E-state index contributed by atoms with van der Waals surface area (Å²) in [6.07, 6.45) is 0.758. The van der Waals surface area contributed by atoms with Crippen LogP contribution >= 0.6 is 11.8 Å². The first-order valence-corrected chi connectivity index (χ1v) is 10.3. The molecule has 0 radical (unpaired) electrons. The molecular formula is C21H22N4O2S. The number of hydrogen-bond acceptors (Lipinski definition) is 4. The van der Waals surface area contributed by atoms with Crippen molar-refractivity contribution in [1.29, 1.82) is 5.26 Å². The van der Waals surface area contributed by atoms with Crippen LogP contribution in [0.1, 0.15) is 17.5 Å². The first-order valence-electron chi connectivity index (χ1n) is 9.11. The summed E-state index contributed by atoms with van der Waals surface area (Å²) in [4.78, 5) is 26.2. The summed E-state index contributed by atoms with van der Waals surface area (Å²) in [7, 11) is 0. The lowest BCUT2D eigenvalue weighted by Gasteiger charge is -2.18. The van der Waals surface area contributed by atoms with Crippen LogP contribution in [-0.2, 0) is 10.5 Å². The number of carbonyl (C=O) groups is 2. The lowest BCUT2D eigenvalue weighted by atomic mass is 10.2. The van der Waals surface area contributed by atoms with Crippen molar-refractivity contribution in [3.8, 4) is 6.07 Å². The predicted octanol–water partition coefficient (Wildman–Crippen LogP) is 3.21. The Morgan fingerprint density at radius 1 is 1.14 bits per heavy atom. The lowest BCUT2D eigenvalue weighted by Crippen LogP contribution is -2.40. The highest BCUT2D eigenvalue weighted by molar-refractivity contribution is 7.99. The number of thioether (sulfide) groups is 1. The minimum Gasteiger partial charge on any atom is -0.351 e. The quantitative estimate of drug-likeness (QED) is 0.788. The Morgan fingerprint density at radius 2 is 1.89 bits per heavy atom. The number of nitrogens with one attached hydrogen (secondary N) is 2. The fourth-order valence-electron chi connectivity index (χ4n) is 2.99. The molecule has 1 aliphatic heterocycles. The van der Waals surface area contributed by atoms with Crippen LogP contribution in [0.15, 0.2) is 54.6 Å². The summed E-state index contributed by atoms with van der Waals surface area (Å²) >= 11 is 1.53. The minimum absolute atomic E-state index is 0.00969. The average Bonchev–Trinajstić information content (AvgIpc) is 3.18. The minimum atomic E-state index is -0.141. The third kappa shape index (κ3) is 5.76. The van der Waals surface area contributed by atoms with Gasteiger partial charge in [0, 0.05) is 30.6 Å². The van der Waals surface area contributed by atoms with Crippen LogP contribution in [0, 0.1) is 11.3 Å². The molecule has 3 amide bonds. The van der Waals surface area contributed by atoms with Crippen LogP contribution in [0.5, 0.6) is 0 Å². The molecule has 144 valence electrons. The van der Waals surface area contributed by atoms with E-state index in [0.717, 1.165) is 23.4 Å². The molecule has 3 rings (SSSR count). The molecule has 0 bridgehead atoms. The third-order valence-electron chi connectivity index (χ3n) is 4.45. The Morgan fingerprint density at radius 3 is 2.61 bits per heavy atom. The van der Waals surface area contributed by atoms with Crippen LogP contribution in [0.2, 0.25) is 0 Å². The molecule has 1 heterocycles. The third-order valence-corrected chi connectivity index (χ3v) is 5.45. The van der Waals surface area contributed by atoms with Gasteiger partial charge in [0.2, 0.25) is 5.91 Å². The van der Waals surface area contributed by atoms with E-state index in [2.05, 4.69) is 16.7 Å². The average molecular weight is 395 g/mol. The van der Waals surface area contributed by atoms with Crippen molar-refractivity contribution in [1.82, 2.24) is 10.2 Å². The molecule has 1 fully saturated rings. The number of benzene rings is 2. The normalized spacial score (nSPS) is 15.7. The molecule has 28 heavy (non-hydrogen) atoms. The summed E-state index contributed by atoms with van der Waals surface area (Å²) < 4.78 is 0. The first-order chi connectivity index (χ1) is 13.6. The van der Waals surface area contributed by atoms with Crippen LogP contribution in [-0.4, -0.2) is 41.7 Å². The predicted molar refractivity (Wildman–Crippen MR) is 111 cm³/mol. The Balaban J connectivity index is 1.36. The van der Waals surface area contributed by atoms with E-state index < -0.39 is 0 Å². The molecule has 7 heteroatoms. The standard InChI is InChI=1S/C21H22N4O2S/c22-12-16-6-8-17(9-7-16)14-28-15-20(26)23-19-10-11-25(13-19)21(27)24-18-4-2-1-3-5-18/h1-9,19H,10-11,13-15H2,(H,23,26)(H,24,27)/t19-/m0/s1. The number of rotatable bonds is 6. The highest BCUT2D eigenvalue weighted by atomic mass is 32.2. The second-order valence-corrected chi connectivity index (χ2v) is 7.58. The Hall–Kier alpha value is -2.98. The molecule has 2 N–H and O–H groups in total. The zero-order valence-electron chi connectivity index (χ0n) is 15.4. The number of amides is 3. The van der Waals surface area contributed by atoms with Gasteiger partial charge in [-0.25, -0.2) is 4.79 Å². The van der Waals surface area contributed by atoms with E-state index in [0.29, 0.717) is 24.4 Å². The van der Waals surface area contributed by atoms with Crippen molar-refractivity contribution < 1.29 is 9.59 Å². The topological polar surface area (TPSA) is 85.2 Å². The van der Waals surface area contributed by atoms with Gasteiger partial charge >= 0.3 is 6.03 Å². The number of para-hydroxylation sites is 1. The van der Waals surface area contributed by atoms with Crippen LogP contribution in [0.25, 0.3) is 0 Å². The summed E-state index contributed by atoms with van der Waals surface area (Å²) in [6.45, 7) is 1.15. The van der Waals surface area contributed by atoms with E-state index in [-0.39, 0.29) is 18.0 Å². The molecule has 2 aromatic rings. The van der Waals surface area contributed by atoms with Gasteiger partial charge in [-0.2, -0.15) is 5.26 Å². The van der Waals surface area contributed by atoms with Crippen molar-refractivity contribution in [2.75, 3.05) is 24.2 Å². The molecule has 1 aliphatic rings. The molecule has 0 aliphatic carbocycles. The highest BCUT2D eigenvalue weighted by Gasteiger charge is 2.27. The van der Waals surface area contributed by atoms with Crippen molar-refractivity contribution in [3.05, 3.63) is 65.7 Å². The fraction of sp³-hybridized carbons (Fsp3) is 0.286. The van der Waals surface area contributed by atoms with E-state index in [1.165, 1.54) is 11.8 Å². The number of anilines is 1. The van der Waals surface area contributed by atoms with Gasteiger partial charge in [0.25, 0.3) is 0 Å². The molecule has 2 aromatic carbocycles. The van der Waals surface area contributed by atoms with E-state index in [1.54, 1.807) is 17.0 Å². The van der Waals surface area contributed by atoms with Gasteiger partial charge in [-0.15, -0.1) is 11.8 Å². The summed E-state index contributed by atoms with van der Waals surface area (Å²) in [5.41, 5.74) is 2.48. The van der Waals surface area contributed by atoms with Crippen LogP contribution in [0.3, 0.4) is 0 Å². The maximum atomic E-state index is 12.3. The molecule has 0 unspecified atom stereocenters. The van der Waals surface area contributed by atoms with Gasteiger partial charge in [-0.05, 0) is 36.2 Å². The summed E-state index contributed by atoms with van der Waals surface area (Å²) in [6, 6.07) is 18.7. The monoisotopic (exact) mass is 394 g/mol. The fourth-order valence-corrected chi connectivity index (χ4v) is 3.79. The van der Waals surface area contributed by atoms with Gasteiger partial charge in [0.15, 0.2) is 0 Å². The Kier molecular flexibility index (Phi) is 6.93. The summed E-state index contributed by atoms with van der Waals surface area (Å²) in [5.74, 6) is 1.07. The van der Waals surface area contributed by atoms with Gasteiger partial charge in [0.05, 0.1) is 17.4 Å². The zero-order valence-corrected chi connectivity index (χ0v) is 16.2. The number of nitrogens with zero attached hydrogens (tertiary/aromatic N) is 2. The van der Waals surface area contributed by atoms with E-state index >= 15 is 0 Å². The van der Waals surface area contributed by atoms with E-state index in [9.17, 15) is 9.59 Å². The van der Waals surface area contributed by atoms with Crippen molar-refractivity contribution in [2.45, 2.75) is 18.2 Å². The second kappa shape index (κ2) is 9.81. The lowest BCUT2D eigenvalue weighted by molar-refractivity contribution is -0.119. The second-order valence-electron chi connectivity index (χ2n) is 6.60. The largest absolute Gasteiger partial charge is 0.351 e. The molecule has 0 aromatic heterocycles. The van der Waals surface area contributed by atoms with Crippen molar-refractivity contribution >= 4 is 29.4 Å². The number of likely N-dealkylation sites (tertiary alicyclic amines) is 1. The number of nitriles is 1. The molecule has 6 nitrogen and oxygen atoms in total. The van der Waals surface area contributed by atoms with Crippen LogP contribution < -0.4 is 10.6 Å². The molecule has 0 spiro atoms. The number of carbonyl (C=O) groups excluding carboxylic acids is 2. The van der Waals surface area contributed by atoms with Crippen molar-refractivity contribution in [2.24, 2.45) is 0 Å². The smallest absolute Gasteiger partial charge is 0.321 e. The maximum Gasteiger partial charge on any atom is 0.321 e. The Labute approximate surface area is 168 Å².